The molecule has 38 heavy (non-hydrogen) atoms. The predicted molar refractivity (Wildman–Crippen MR) is 155 cm³/mol. The molecule has 0 spiro atoms. The summed E-state index contributed by atoms with van der Waals surface area (Å²) in [6, 6.07) is 33.3. The van der Waals surface area contributed by atoms with E-state index in [4.69, 9.17) is 4.42 Å². The summed E-state index contributed by atoms with van der Waals surface area (Å²) in [6.07, 6.45) is 1.79. The van der Waals surface area contributed by atoms with Crippen LogP contribution in [-0.4, -0.2) is 25.0 Å². The molecule has 0 bridgehead atoms. The second-order valence-corrected chi connectivity index (χ2v) is 9.28. The Labute approximate surface area is 220 Å². The molecule has 2 aromatic heterocycles. The zero-order valence-corrected chi connectivity index (χ0v) is 21.1. The lowest BCUT2D eigenvalue weighted by Crippen LogP contribution is -2.18. The number of pyridine rings is 1. The Morgan fingerprint density at radius 3 is 2.34 bits per heavy atom. The third kappa shape index (κ3) is 4.44. The van der Waals surface area contributed by atoms with Crippen molar-refractivity contribution in [3.63, 3.8) is 0 Å². The number of aromatic nitrogens is 1. The maximum atomic E-state index is 12.9. The summed E-state index contributed by atoms with van der Waals surface area (Å²) < 4.78 is 6.20. The third-order valence-electron chi connectivity index (χ3n) is 6.50. The van der Waals surface area contributed by atoms with Gasteiger partial charge in [0.15, 0.2) is 0 Å². The van der Waals surface area contributed by atoms with Gasteiger partial charge in [-0.1, -0.05) is 42.5 Å². The lowest BCUT2D eigenvalue weighted by Gasteiger charge is -2.17. The van der Waals surface area contributed by atoms with Crippen molar-refractivity contribution in [3.8, 4) is 11.3 Å². The average molecular weight is 499 g/mol. The van der Waals surface area contributed by atoms with Crippen molar-refractivity contribution in [1.82, 2.24) is 4.98 Å². The van der Waals surface area contributed by atoms with Gasteiger partial charge in [-0.05, 0) is 60.7 Å². The van der Waals surface area contributed by atoms with Crippen molar-refractivity contribution in [2.45, 2.75) is 0 Å². The molecule has 6 rings (SSSR count). The molecule has 0 saturated heterocycles. The number of anilines is 4. The van der Waals surface area contributed by atoms with Crippen LogP contribution in [0.25, 0.3) is 33.2 Å². The summed E-state index contributed by atoms with van der Waals surface area (Å²) in [5.41, 5.74) is 7.48. The van der Waals surface area contributed by atoms with Crippen LogP contribution in [0.15, 0.2) is 114 Å². The highest BCUT2D eigenvalue weighted by Crippen LogP contribution is 2.35. The molecule has 0 aliphatic carbocycles. The van der Waals surface area contributed by atoms with Crippen molar-refractivity contribution in [2.75, 3.05) is 29.6 Å². The zero-order valence-electron chi connectivity index (χ0n) is 21.1. The largest absolute Gasteiger partial charge is 0.455 e. The molecular weight excluding hydrogens is 472 g/mol. The van der Waals surface area contributed by atoms with Gasteiger partial charge in [0.1, 0.15) is 11.2 Å². The summed E-state index contributed by atoms with van der Waals surface area (Å²) in [5.74, 6) is -0.145. The molecule has 0 radical (unpaired) electrons. The molecular formula is C32H26N4O2. The van der Waals surface area contributed by atoms with Crippen LogP contribution in [-0.2, 0) is 0 Å². The topological polar surface area (TPSA) is 70.4 Å². The van der Waals surface area contributed by atoms with Crippen molar-refractivity contribution in [1.29, 1.82) is 0 Å². The minimum atomic E-state index is -0.145. The number of fused-ring (bicyclic) bond motifs is 3. The lowest BCUT2D eigenvalue weighted by molar-refractivity contribution is 0.102. The maximum Gasteiger partial charge on any atom is 0.257 e. The fourth-order valence-corrected chi connectivity index (χ4v) is 4.66. The van der Waals surface area contributed by atoms with Gasteiger partial charge in [-0.3, -0.25) is 9.78 Å². The van der Waals surface area contributed by atoms with E-state index in [-0.39, 0.29) is 5.91 Å². The first kappa shape index (κ1) is 23.3. The fourth-order valence-electron chi connectivity index (χ4n) is 4.66. The number of benzene rings is 4. The van der Waals surface area contributed by atoms with Crippen LogP contribution in [0.3, 0.4) is 0 Å². The number of nitrogens with zero attached hydrogens (tertiary/aromatic N) is 2. The number of para-hydroxylation sites is 3. The van der Waals surface area contributed by atoms with Crippen LogP contribution in [0.4, 0.5) is 22.7 Å². The van der Waals surface area contributed by atoms with Gasteiger partial charge in [-0.25, -0.2) is 0 Å². The van der Waals surface area contributed by atoms with Gasteiger partial charge in [0.25, 0.3) is 5.91 Å². The van der Waals surface area contributed by atoms with E-state index in [1.165, 1.54) is 0 Å². The van der Waals surface area contributed by atoms with E-state index in [1.807, 2.05) is 110 Å². The highest BCUT2D eigenvalue weighted by Gasteiger charge is 2.14. The third-order valence-corrected chi connectivity index (χ3v) is 6.50. The van der Waals surface area contributed by atoms with E-state index in [9.17, 15) is 4.79 Å². The molecule has 0 fully saturated rings. The first-order valence-corrected chi connectivity index (χ1v) is 12.4. The minimum Gasteiger partial charge on any atom is -0.455 e. The molecule has 6 aromatic rings. The number of carbonyl (C=O) groups excluding carboxylic acids is 1. The zero-order chi connectivity index (χ0) is 26.1. The second kappa shape index (κ2) is 9.75. The van der Waals surface area contributed by atoms with Crippen LogP contribution in [0.1, 0.15) is 10.4 Å². The minimum absolute atomic E-state index is 0.145. The van der Waals surface area contributed by atoms with E-state index < -0.39 is 0 Å². The van der Waals surface area contributed by atoms with Crippen molar-refractivity contribution in [3.05, 3.63) is 115 Å². The smallest absolute Gasteiger partial charge is 0.257 e. The van der Waals surface area contributed by atoms with Gasteiger partial charge in [-0.2, -0.15) is 0 Å². The fraction of sp³-hybridized carbons (Fsp3) is 0.0625. The number of carbonyl (C=O) groups is 1. The van der Waals surface area contributed by atoms with Gasteiger partial charge in [0.2, 0.25) is 0 Å². The van der Waals surface area contributed by atoms with Crippen LogP contribution in [0.2, 0.25) is 0 Å². The molecule has 0 unspecified atom stereocenters. The Hall–Kier alpha value is -5.10. The summed E-state index contributed by atoms with van der Waals surface area (Å²) in [7, 11) is 3.85. The SMILES string of the molecule is CN(C)c1ccccc1C(=O)Nc1ccc(Nc2ccnc(-c3cccc4c3oc3ccccc34)c2)cc1. The molecule has 6 heteroatoms. The number of hydrogen-bond donors (Lipinski definition) is 2. The van der Waals surface area contributed by atoms with Crippen molar-refractivity contribution < 1.29 is 9.21 Å². The molecule has 0 aliphatic rings. The van der Waals surface area contributed by atoms with Crippen LogP contribution in [0, 0.1) is 0 Å². The lowest BCUT2D eigenvalue weighted by atomic mass is 10.1. The van der Waals surface area contributed by atoms with E-state index in [1.54, 1.807) is 6.20 Å². The Bertz CT molecular complexity index is 1770. The molecule has 2 heterocycles. The first-order chi connectivity index (χ1) is 18.6. The quantitative estimate of drug-likeness (QED) is 0.246. The van der Waals surface area contributed by atoms with E-state index in [0.717, 1.165) is 55.9 Å². The summed E-state index contributed by atoms with van der Waals surface area (Å²) >= 11 is 0. The summed E-state index contributed by atoms with van der Waals surface area (Å²) in [4.78, 5) is 19.4. The molecule has 6 nitrogen and oxygen atoms in total. The standard InChI is InChI=1S/C32H26N4O2/c1-36(2)29-12-5-3-9-27(29)32(37)35-22-16-14-21(15-17-22)34-23-18-19-33-28(20-23)26-11-7-10-25-24-8-4-6-13-30(24)38-31(25)26/h3-20H,1-2H3,(H,33,34)(H,35,37). The molecule has 2 N–H and O–H groups in total. The number of hydrogen-bond acceptors (Lipinski definition) is 5. The van der Waals surface area contributed by atoms with Crippen LogP contribution < -0.4 is 15.5 Å². The molecule has 4 aromatic carbocycles. The Balaban J connectivity index is 1.21. The van der Waals surface area contributed by atoms with E-state index >= 15 is 0 Å². The monoisotopic (exact) mass is 498 g/mol. The van der Waals surface area contributed by atoms with E-state index in [0.29, 0.717) is 5.56 Å². The van der Waals surface area contributed by atoms with Crippen molar-refractivity contribution >= 4 is 50.6 Å². The molecule has 186 valence electrons. The highest BCUT2D eigenvalue weighted by molar-refractivity contribution is 6.09. The van der Waals surface area contributed by atoms with Crippen LogP contribution in [0.5, 0.6) is 0 Å². The predicted octanol–water partition coefficient (Wildman–Crippen LogP) is 7.71. The Kier molecular flexibility index (Phi) is 5.98. The molecule has 1 amide bonds. The van der Waals surface area contributed by atoms with Gasteiger partial charge in [-0.15, -0.1) is 0 Å². The van der Waals surface area contributed by atoms with Crippen molar-refractivity contribution in [2.24, 2.45) is 0 Å². The summed E-state index contributed by atoms with van der Waals surface area (Å²) in [6.45, 7) is 0. The second-order valence-electron chi connectivity index (χ2n) is 9.28. The molecule has 0 aliphatic heterocycles. The van der Waals surface area contributed by atoms with Gasteiger partial charge < -0.3 is 20.0 Å². The molecule has 0 saturated carbocycles. The van der Waals surface area contributed by atoms with Gasteiger partial charge >= 0.3 is 0 Å². The average Bonchev–Trinajstić information content (AvgIpc) is 3.33. The highest BCUT2D eigenvalue weighted by atomic mass is 16.3. The van der Waals surface area contributed by atoms with Gasteiger partial charge in [0, 0.05) is 59.4 Å². The number of amides is 1. The maximum absolute atomic E-state index is 12.9. The van der Waals surface area contributed by atoms with Gasteiger partial charge in [0.05, 0.1) is 11.3 Å². The summed E-state index contributed by atoms with van der Waals surface area (Å²) in [5, 5.41) is 8.59. The number of nitrogens with one attached hydrogen (secondary N) is 2. The number of rotatable bonds is 6. The first-order valence-electron chi connectivity index (χ1n) is 12.4. The van der Waals surface area contributed by atoms with Crippen LogP contribution >= 0.6 is 0 Å². The molecule has 0 atom stereocenters. The van der Waals surface area contributed by atoms with E-state index in [2.05, 4.69) is 27.8 Å². The Morgan fingerprint density at radius 1 is 0.763 bits per heavy atom. The number of furan rings is 1. The normalized spacial score (nSPS) is 11.0. The Morgan fingerprint density at radius 2 is 1.50 bits per heavy atom.